The molecule has 1 aliphatic heterocycles. The lowest BCUT2D eigenvalue weighted by Crippen LogP contribution is -2.43. The maximum absolute atomic E-state index is 6.27. The molecule has 1 heterocycles. The molecule has 0 amide bonds. The lowest BCUT2D eigenvalue weighted by atomic mass is 10.0. The van der Waals surface area contributed by atoms with Crippen LogP contribution in [-0.2, 0) is 4.74 Å². The highest BCUT2D eigenvalue weighted by Crippen LogP contribution is 2.34. The van der Waals surface area contributed by atoms with E-state index in [-0.39, 0.29) is 12.2 Å². The fourth-order valence-electron chi connectivity index (χ4n) is 2.68. The first kappa shape index (κ1) is 16.1. The van der Waals surface area contributed by atoms with E-state index in [1.54, 1.807) is 7.11 Å². The maximum atomic E-state index is 6.27. The molecular formula is C18H20ClNO3. The second-order valence-electron chi connectivity index (χ2n) is 5.36. The Morgan fingerprint density at radius 1 is 1.17 bits per heavy atom. The Hall–Kier alpha value is -1.75. The van der Waals surface area contributed by atoms with Gasteiger partial charge in [0.1, 0.15) is 6.10 Å². The first-order valence-corrected chi connectivity index (χ1v) is 8.03. The summed E-state index contributed by atoms with van der Waals surface area (Å²) in [6.45, 7) is 2.25. The molecule has 2 aromatic carbocycles. The van der Waals surface area contributed by atoms with Crippen molar-refractivity contribution in [3.05, 3.63) is 59.1 Å². The van der Waals surface area contributed by atoms with Crippen molar-refractivity contribution in [2.45, 2.75) is 12.2 Å². The molecule has 0 saturated carbocycles. The molecule has 3 rings (SSSR count). The van der Waals surface area contributed by atoms with Crippen molar-refractivity contribution in [3.8, 4) is 11.5 Å². The fraction of sp³-hybridized carbons (Fsp3) is 0.333. The number of methoxy groups -OCH3 is 1. The Kier molecular flexibility index (Phi) is 5.39. The Morgan fingerprint density at radius 2 is 2.00 bits per heavy atom. The highest BCUT2D eigenvalue weighted by Gasteiger charge is 2.28. The van der Waals surface area contributed by atoms with Gasteiger partial charge in [-0.25, -0.2) is 0 Å². The van der Waals surface area contributed by atoms with Gasteiger partial charge in [-0.3, -0.25) is 0 Å². The molecule has 23 heavy (non-hydrogen) atoms. The number of hydrogen-bond acceptors (Lipinski definition) is 4. The third kappa shape index (κ3) is 3.96. The normalized spacial score (nSPS) is 19.1. The molecule has 0 aliphatic carbocycles. The first-order chi connectivity index (χ1) is 11.3. The van der Waals surface area contributed by atoms with Gasteiger partial charge < -0.3 is 19.5 Å². The average molecular weight is 334 g/mol. The van der Waals surface area contributed by atoms with Crippen LogP contribution in [-0.4, -0.2) is 32.9 Å². The van der Waals surface area contributed by atoms with E-state index in [9.17, 15) is 0 Å². The number of para-hydroxylation sites is 2. The van der Waals surface area contributed by atoms with Gasteiger partial charge in [0.2, 0.25) is 0 Å². The van der Waals surface area contributed by atoms with Crippen LogP contribution in [0.15, 0.2) is 48.5 Å². The molecule has 0 radical (unpaired) electrons. The van der Waals surface area contributed by atoms with Crippen LogP contribution in [0, 0.1) is 0 Å². The first-order valence-electron chi connectivity index (χ1n) is 7.65. The van der Waals surface area contributed by atoms with Gasteiger partial charge in [0.15, 0.2) is 17.6 Å². The number of morpholine rings is 1. The number of nitrogens with one attached hydrogen (secondary N) is 1. The van der Waals surface area contributed by atoms with Gasteiger partial charge in [-0.15, -0.1) is 0 Å². The van der Waals surface area contributed by atoms with Crippen molar-refractivity contribution >= 4 is 11.6 Å². The molecule has 0 aromatic heterocycles. The van der Waals surface area contributed by atoms with E-state index in [1.165, 1.54) is 0 Å². The van der Waals surface area contributed by atoms with E-state index >= 15 is 0 Å². The van der Waals surface area contributed by atoms with Crippen molar-refractivity contribution in [3.63, 3.8) is 0 Å². The summed E-state index contributed by atoms with van der Waals surface area (Å²) >= 11 is 6.15. The minimum absolute atomic E-state index is 0.0906. The molecule has 5 heteroatoms. The zero-order chi connectivity index (χ0) is 16.1. The summed E-state index contributed by atoms with van der Waals surface area (Å²) in [6.07, 6.45) is -0.357. The standard InChI is InChI=1S/C18H20ClNO3/c1-21-15-7-2-3-8-16(15)23-18(17-12-20-9-10-22-17)13-5-4-6-14(19)11-13/h2-8,11,17-18,20H,9-10,12H2,1H3/t17-,18-/m1/s1. The summed E-state index contributed by atoms with van der Waals surface area (Å²) in [5, 5.41) is 4.03. The van der Waals surface area contributed by atoms with E-state index in [0.29, 0.717) is 23.1 Å². The molecular weight excluding hydrogens is 314 g/mol. The van der Waals surface area contributed by atoms with E-state index in [4.69, 9.17) is 25.8 Å². The Balaban J connectivity index is 1.91. The number of halogens is 1. The van der Waals surface area contributed by atoms with Gasteiger partial charge in [0, 0.05) is 18.1 Å². The molecule has 1 N–H and O–H groups in total. The van der Waals surface area contributed by atoms with Crippen molar-refractivity contribution in [1.82, 2.24) is 5.32 Å². The minimum Gasteiger partial charge on any atom is -0.493 e. The molecule has 122 valence electrons. The van der Waals surface area contributed by atoms with Crippen molar-refractivity contribution in [1.29, 1.82) is 0 Å². The highest BCUT2D eigenvalue weighted by atomic mass is 35.5. The average Bonchev–Trinajstić information content (AvgIpc) is 2.60. The number of rotatable bonds is 5. The van der Waals surface area contributed by atoms with E-state index in [0.717, 1.165) is 18.7 Å². The highest BCUT2D eigenvalue weighted by molar-refractivity contribution is 6.30. The predicted octanol–water partition coefficient (Wildman–Crippen LogP) is 3.46. The quantitative estimate of drug-likeness (QED) is 0.909. The van der Waals surface area contributed by atoms with Crippen LogP contribution in [0.5, 0.6) is 11.5 Å². The molecule has 2 aromatic rings. The van der Waals surface area contributed by atoms with E-state index < -0.39 is 0 Å². The summed E-state index contributed by atoms with van der Waals surface area (Å²) < 4.78 is 17.6. The summed E-state index contributed by atoms with van der Waals surface area (Å²) in [6, 6.07) is 15.3. The zero-order valence-corrected chi connectivity index (χ0v) is 13.8. The topological polar surface area (TPSA) is 39.7 Å². The molecule has 1 aliphatic rings. The summed E-state index contributed by atoms with van der Waals surface area (Å²) in [5.41, 5.74) is 0.983. The zero-order valence-electron chi connectivity index (χ0n) is 13.0. The summed E-state index contributed by atoms with van der Waals surface area (Å²) in [5.74, 6) is 1.39. The smallest absolute Gasteiger partial charge is 0.162 e. The predicted molar refractivity (Wildman–Crippen MR) is 90.4 cm³/mol. The molecule has 1 saturated heterocycles. The second-order valence-corrected chi connectivity index (χ2v) is 5.79. The number of benzene rings is 2. The molecule has 0 spiro atoms. The molecule has 2 atom stereocenters. The lowest BCUT2D eigenvalue weighted by Gasteiger charge is -2.32. The Bertz CT molecular complexity index is 644. The summed E-state index contributed by atoms with van der Waals surface area (Å²) in [7, 11) is 1.63. The third-order valence-electron chi connectivity index (χ3n) is 3.79. The van der Waals surface area contributed by atoms with Gasteiger partial charge in [0.05, 0.1) is 13.7 Å². The Labute approximate surface area is 141 Å². The second kappa shape index (κ2) is 7.68. The van der Waals surface area contributed by atoms with Gasteiger partial charge in [0.25, 0.3) is 0 Å². The SMILES string of the molecule is COc1ccccc1O[C@H](c1cccc(Cl)c1)[C@H]1CNCCO1. The van der Waals surface area contributed by atoms with Gasteiger partial charge in [-0.1, -0.05) is 35.9 Å². The fourth-order valence-corrected chi connectivity index (χ4v) is 2.87. The maximum Gasteiger partial charge on any atom is 0.162 e. The minimum atomic E-state index is -0.266. The number of hydrogen-bond donors (Lipinski definition) is 1. The lowest BCUT2D eigenvalue weighted by molar-refractivity contribution is -0.0438. The Morgan fingerprint density at radius 3 is 2.70 bits per heavy atom. The molecule has 0 unspecified atom stereocenters. The van der Waals surface area contributed by atoms with Crippen LogP contribution in [0.2, 0.25) is 5.02 Å². The van der Waals surface area contributed by atoms with E-state index in [1.807, 2.05) is 48.5 Å². The molecule has 4 nitrogen and oxygen atoms in total. The van der Waals surface area contributed by atoms with Crippen LogP contribution in [0.3, 0.4) is 0 Å². The van der Waals surface area contributed by atoms with Crippen LogP contribution in [0.4, 0.5) is 0 Å². The van der Waals surface area contributed by atoms with Crippen LogP contribution in [0.25, 0.3) is 0 Å². The molecule has 0 bridgehead atoms. The number of ether oxygens (including phenoxy) is 3. The third-order valence-corrected chi connectivity index (χ3v) is 4.03. The van der Waals surface area contributed by atoms with Crippen molar-refractivity contribution in [2.24, 2.45) is 0 Å². The van der Waals surface area contributed by atoms with Crippen LogP contribution >= 0.6 is 11.6 Å². The van der Waals surface area contributed by atoms with Gasteiger partial charge >= 0.3 is 0 Å². The van der Waals surface area contributed by atoms with Crippen molar-refractivity contribution < 1.29 is 14.2 Å². The van der Waals surface area contributed by atoms with Gasteiger partial charge in [-0.2, -0.15) is 0 Å². The van der Waals surface area contributed by atoms with E-state index in [2.05, 4.69) is 5.32 Å². The van der Waals surface area contributed by atoms with Crippen LogP contribution in [0.1, 0.15) is 11.7 Å². The monoisotopic (exact) mass is 333 g/mol. The molecule has 1 fully saturated rings. The van der Waals surface area contributed by atoms with Crippen LogP contribution < -0.4 is 14.8 Å². The van der Waals surface area contributed by atoms with Crippen molar-refractivity contribution in [2.75, 3.05) is 26.8 Å². The summed E-state index contributed by atoms with van der Waals surface area (Å²) in [4.78, 5) is 0. The largest absolute Gasteiger partial charge is 0.493 e. The van der Waals surface area contributed by atoms with Gasteiger partial charge in [-0.05, 0) is 29.8 Å².